The lowest BCUT2D eigenvalue weighted by Gasteiger charge is -2.21. The second-order valence-electron chi connectivity index (χ2n) is 6.75. The largest absolute Gasteiger partial charge is 0.469 e. The standard InChI is InChI=1S/C20H40ClNO2/c1-3-4-5-6-7-10-13-17-22(19-16-21)18-14-11-8-9-12-15-20(23)24-2/h3-19H2,1-2H3. The van der Waals surface area contributed by atoms with Crippen LogP contribution in [-0.4, -0.2) is 43.5 Å². The van der Waals surface area contributed by atoms with Crippen molar-refractivity contribution in [2.24, 2.45) is 0 Å². The minimum absolute atomic E-state index is 0.0852. The number of alkyl halides is 1. The third kappa shape index (κ3) is 16.6. The summed E-state index contributed by atoms with van der Waals surface area (Å²) in [5, 5.41) is 0. The lowest BCUT2D eigenvalue weighted by atomic mass is 10.1. The Balaban J connectivity index is 3.50. The second kappa shape index (κ2) is 19.1. The fourth-order valence-corrected chi connectivity index (χ4v) is 3.22. The number of halogens is 1. The number of carbonyl (C=O) groups excluding carboxylic acids is 1. The minimum atomic E-state index is -0.0852. The molecule has 144 valence electrons. The van der Waals surface area contributed by atoms with Crippen LogP contribution in [0, 0.1) is 0 Å². The Morgan fingerprint density at radius 3 is 1.79 bits per heavy atom. The topological polar surface area (TPSA) is 29.5 Å². The average Bonchev–Trinajstić information content (AvgIpc) is 2.59. The number of hydrogen-bond acceptors (Lipinski definition) is 3. The lowest BCUT2D eigenvalue weighted by molar-refractivity contribution is -0.140. The molecule has 0 atom stereocenters. The molecule has 24 heavy (non-hydrogen) atoms. The zero-order valence-electron chi connectivity index (χ0n) is 16.2. The van der Waals surface area contributed by atoms with E-state index in [1.807, 2.05) is 0 Å². The van der Waals surface area contributed by atoms with E-state index in [0.29, 0.717) is 6.42 Å². The van der Waals surface area contributed by atoms with Crippen LogP contribution in [0.3, 0.4) is 0 Å². The van der Waals surface area contributed by atoms with Crippen molar-refractivity contribution >= 4 is 17.6 Å². The maximum atomic E-state index is 11.0. The highest BCUT2D eigenvalue weighted by Crippen LogP contribution is 2.10. The first-order valence-corrected chi connectivity index (χ1v) is 10.6. The maximum Gasteiger partial charge on any atom is 0.305 e. The molecule has 0 amide bonds. The van der Waals surface area contributed by atoms with Gasteiger partial charge in [-0.25, -0.2) is 0 Å². The van der Waals surface area contributed by atoms with Crippen LogP contribution < -0.4 is 0 Å². The van der Waals surface area contributed by atoms with Crippen LogP contribution in [0.5, 0.6) is 0 Å². The molecule has 0 N–H and O–H groups in total. The van der Waals surface area contributed by atoms with E-state index in [9.17, 15) is 4.79 Å². The summed E-state index contributed by atoms with van der Waals surface area (Å²) in [5.74, 6) is 0.647. The fraction of sp³-hybridized carbons (Fsp3) is 0.950. The molecule has 0 rings (SSSR count). The van der Waals surface area contributed by atoms with Crippen LogP contribution in [0.25, 0.3) is 0 Å². The third-order valence-corrected chi connectivity index (χ3v) is 4.73. The van der Waals surface area contributed by atoms with Crippen molar-refractivity contribution in [3.05, 3.63) is 0 Å². The molecule has 0 aliphatic rings. The Hall–Kier alpha value is -0.280. The molecule has 0 saturated heterocycles. The molecule has 0 fully saturated rings. The summed E-state index contributed by atoms with van der Waals surface area (Å²) in [6, 6.07) is 0. The van der Waals surface area contributed by atoms with Gasteiger partial charge in [-0.2, -0.15) is 0 Å². The van der Waals surface area contributed by atoms with Crippen LogP contribution in [0.4, 0.5) is 0 Å². The number of ether oxygens (including phenoxy) is 1. The van der Waals surface area contributed by atoms with Crippen LogP contribution in [-0.2, 0) is 9.53 Å². The lowest BCUT2D eigenvalue weighted by Crippen LogP contribution is -2.28. The predicted octanol–water partition coefficient (Wildman–Crippen LogP) is 5.79. The van der Waals surface area contributed by atoms with Gasteiger partial charge >= 0.3 is 5.97 Å². The summed E-state index contributed by atoms with van der Waals surface area (Å²) in [6.07, 6.45) is 15.9. The maximum absolute atomic E-state index is 11.0. The molecule has 0 radical (unpaired) electrons. The summed E-state index contributed by atoms with van der Waals surface area (Å²) in [6.45, 7) is 5.64. The number of esters is 1. The van der Waals surface area contributed by atoms with Gasteiger partial charge in [-0.05, 0) is 32.4 Å². The van der Waals surface area contributed by atoms with Crippen molar-refractivity contribution in [2.45, 2.75) is 90.4 Å². The summed E-state index contributed by atoms with van der Waals surface area (Å²) >= 11 is 5.93. The third-order valence-electron chi connectivity index (χ3n) is 4.56. The van der Waals surface area contributed by atoms with E-state index in [2.05, 4.69) is 16.6 Å². The summed E-state index contributed by atoms with van der Waals surface area (Å²) in [7, 11) is 1.46. The molecule has 0 aromatic carbocycles. The zero-order valence-corrected chi connectivity index (χ0v) is 16.9. The molecule has 0 bridgehead atoms. The summed E-state index contributed by atoms with van der Waals surface area (Å²) in [4.78, 5) is 13.5. The van der Waals surface area contributed by atoms with Gasteiger partial charge in [0.2, 0.25) is 0 Å². The highest BCUT2D eigenvalue weighted by molar-refractivity contribution is 6.18. The smallest absolute Gasteiger partial charge is 0.305 e. The van der Waals surface area contributed by atoms with Crippen molar-refractivity contribution in [2.75, 3.05) is 32.6 Å². The van der Waals surface area contributed by atoms with Crippen LogP contribution >= 0.6 is 11.6 Å². The Morgan fingerprint density at radius 1 is 0.792 bits per heavy atom. The van der Waals surface area contributed by atoms with Crippen molar-refractivity contribution < 1.29 is 9.53 Å². The Morgan fingerprint density at radius 2 is 1.29 bits per heavy atom. The summed E-state index contributed by atoms with van der Waals surface area (Å²) in [5.41, 5.74) is 0. The summed E-state index contributed by atoms with van der Waals surface area (Å²) < 4.78 is 4.65. The number of rotatable bonds is 18. The SMILES string of the molecule is CCCCCCCCCN(CCCl)CCCCCCCC(=O)OC. The molecule has 0 saturated carbocycles. The van der Waals surface area contributed by atoms with Gasteiger partial charge in [-0.3, -0.25) is 4.79 Å². The van der Waals surface area contributed by atoms with Crippen molar-refractivity contribution in [1.29, 1.82) is 0 Å². The monoisotopic (exact) mass is 361 g/mol. The molecule has 0 spiro atoms. The van der Waals surface area contributed by atoms with E-state index in [1.54, 1.807) is 0 Å². The van der Waals surface area contributed by atoms with E-state index in [0.717, 1.165) is 25.3 Å². The molecule has 0 aromatic rings. The fourth-order valence-electron chi connectivity index (χ4n) is 2.98. The molecule has 0 unspecified atom stereocenters. The highest BCUT2D eigenvalue weighted by Gasteiger charge is 2.04. The van der Waals surface area contributed by atoms with Crippen molar-refractivity contribution in [3.63, 3.8) is 0 Å². The van der Waals surface area contributed by atoms with E-state index in [4.69, 9.17) is 11.6 Å². The quantitative estimate of drug-likeness (QED) is 0.176. The van der Waals surface area contributed by atoms with Gasteiger partial charge in [-0.15, -0.1) is 11.6 Å². The Kier molecular flexibility index (Phi) is 18.8. The van der Waals surface area contributed by atoms with Gasteiger partial charge in [0.25, 0.3) is 0 Å². The average molecular weight is 362 g/mol. The van der Waals surface area contributed by atoms with Crippen LogP contribution in [0.2, 0.25) is 0 Å². The predicted molar refractivity (Wildman–Crippen MR) is 105 cm³/mol. The molecule has 0 aromatic heterocycles. The van der Waals surface area contributed by atoms with Gasteiger partial charge < -0.3 is 9.64 Å². The Bertz CT molecular complexity index is 274. The number of hydrogen-bond donors (Lipinski definition) is 0. The molecule has 0 aliphatic carbocycles. The molecular weight excluding hydrogens is 322 g/mol. The molecular formula is C20H40ClNO2. The van der Waals surface area contributed by atoms with Gasteiger partial charge in [0.15, 0.2) is 0 Å². The first kappa shape index (κ1) is 23.7. The first-order chi connectivity index (χ1) is 11.7. The molecule has 0 aliphatic heterocycles. The minimum Gasteiger partial charge on any atom is -0.469 e. The number of methoxy groups -OCH3 is 1. The van der Waals surface area contributed by atoms with Gasteiger partial charge in [0, 0.05) is 18.8 Å². The zero-order chi connectivity index (χ0) is 17.9. The van der Waals surface area contributed by atoms with E-state index < -0.39 is 0 Å². The van der Waals surface area contributed by atoms with Gasteiger partial charge in [0.1, 0.15) is 0 Å². The first-order valence-electron chi connectivity index (χ1n) is 10.1. The van der Waals surface area contributed by atoms with E-state index in [1.165, 1.54) is 84.4 Å². The molecule has 4 heteroatoms. The second-order valence-corrected chi connectivity index (χ2v) is 7.12. The highest BCUT2D eigenvalue weighted by atomic mass is 35.5. The van der Waals surface area contributed by atoms with Crippen molar-refractivity contribution in [3.8, 4) is 0 Å². The molecule has 3 nitrogen and oxygen atoms in total. The van der Waals surface area contributed by atoms with Gasteiger partial charge in [-0.1, -0.05) is 64.7 Å². The van der Waals surface area contributed by atoms with E-state index >= 15 is 0 Å². The Labute approximate surface area is 155 Å². The van der Waals surface area contributed by atoms with Crippen LogP contribution in [0.1, 0.15) is 90.4 Å². The number of nitrogens with zero attached hydrogens (tertiary/aromatic N) is 1. The van der Waals surface area contributed by atoms with Crippen LogP contribution in [0.15, 0.2) is 0 Å². The van der Waals surface area contributed by atoms with Crippen molar-refractivity contribution in [1.82, 2.24) is 4.90 Å². The number of unbranched alkanes of at least 4 members (excludes halogenated alkanes) is 10. The van der Waals surface area contributed by atoms with E-state index in [-0.39, 0.29) is 5.97 Å². The van der Waals surface area contributed by atoms with Gasteiger partial charge in [0.05, 0.1) is 7.11 Å². The molecule has 0 heterocycles. The number of carbonyl (C=O) groups is 1. The normalized spacial score (nSPS) is 11.2.